The molecule has 476 valence electrons. The molecule has 28 heteroatoms. The molecule has 1 unspecified atom stereocenters. The van der Waals surface area contributed by atoms with E-state index in [9.17, 15) is 54.9 Å². The zero-order valence-corrected chi connectivity index (χ0v) is 49.8. The summed E-state index contributed by atoms with van der Waals surface area (Å²) in [7, 11) is 1.04. The lowest BCUT2D eigenvalue weighted by Crippen LogP contribution is -2.47. The molecule has 1 atom stereocenters. The van der Waals surface area contributed by atoms with Gasteiger partial charge in [-0.3, -0.25) is 33.3 Å². The third-order valence-electron chi connectivity index (χ3n) is 11.5. The first-order valence-corrected chi connectivity index (χ1v) is 29.7. The van der Waals surface area contributed by atoms with Crippen LogP contribution in [0.2, 0.25) is 0 Å². The number of halogens is 3. The van der Waals surface area contributed by atoms with Crippen molar-refractivity contribution in [1.82, 2.24) is 21.3 Å². The maximum atomic E-state index is 12.6. The van der Waals surface area contributed by atoms with Gasteiger partial charge in [0.1, 0.15) is 31.3 Å². The molecule has 0 saturated heterocycles. The summed E-state index contributed by atoms with van der Waals surface area (Å²) in [5.41, 5.74) is -0.420. The van der Waals surface area contributed by atoms with Gasteiger partial charge in [0.25, 0.3) is 10.1 Å². The van der Waals surface area contributed by atoms with Crippen molar-refractivity contribution in [3.63, 3.8) is 0 Å². The number of nitrogens with one attached hydrogen (secondary N) is 4. The minimum Gasteiger partial charge on any atom is -0.542 e. The lowest BCUT2D eigenvalue weighted by atomic mass is 10.0. The smallest absolute Gasteiger partial charge is 0.430 e. The van der Waals surface area contributed by atoms with E-state index >= 15 is 0 Å². The van der Waals surface area contributed by atoms with E-state index in [0.29, 0.717) is 56.8 Å². The fourth-order valence-electron chi connectivity index (χ4n) is 7.11. The third kappa shape index (κ3) is 60.1. The standard InChI is InChI=1S/C51H97N5O17S.C2HF3O2/c1-51(2,3)73-50(62)22-20-18-16-14-12-10-8-7-9-11-13-15-17-19-21-46(58)55-44(43-74(63,64)65)23-24-45(57)53-27-32-68-37-40-72-42-48(60)54-28-33-69-38-39-71-41-47(59)52-26-29-56(4,5)30-34-70-36-35-67-31-25-49(61)66-6;3-2(4,5)1(6)7/h44H,7-43H2,1-6H3,(H4-,52,53,54,55,57,58,59,60,63,64,65);(H,6,7). The highest BCUT2D eigenvalue weighted by Crippen LogP contribution is 2.16. The predicted molar refractivity (Wildman–Crippen MR) is 291 cm³/mol. The number of carbonyl (C=O) groups excluding carboxylic acids is 7. The molecule has 0 radical (unpaired) electrons. The molecule has 5 N–H and O–H groups in total. The molecule has 0 aliphatic heterocycles. The van der Waals surface area contributed by atoms with Crippen LogP contribution in [0.25, 0.3) is 0 Å². The van der Waals surface area contributed by atoms with Crippen LogP contribution in [0.5, 0.6) is 0 Å². The molecule has 0 aromatic heterocycles. The van der Waals surface area contributed by atoms with Gasteiger partial charge in [0.15, 0.2) is 0 Å². The zero-order chi connectivity index (χ0) is 61.3. The van der Waals surface area contributed by atoms with Gasteiger partial charge in [-0.1, -0.05) is 77.0 Å². The van der Waals surface area contributed by atoms with Gasteiger partial charge in [-0.25, -0.2) is 0 Å². The molecule has 81 heavy (non-hydrogen) atoms. The Morgan fingerprint density at radius 3 is 1.37 bits per heavy atom. The molecule has 0 rings (SSSR count). The quantitative estimate of drug-likeness (QED) is 0.0253. The first kappa shape index (κ1) is 78.8. The Balaban J connectivity index is 0. The summed E-state index contributed by atoms with van der Waals surface area (Å²) >= 11 is 0. The average Bonchev–Trinajstić information content (AvgIpc) is 3.36. The maximum Gasteiger partial charge on any atom is 0.430 e. The number of carboxylic acids is 1. The second-order valence-corrected chi connectivity index (χ2v) is 22.2. The highest BCUT2D eigenvalue weighted by molar-refractivity contribution is 7.85. The van der Waals surface area contributed by atoms with E-state index < -0.39 is 39.7 Å². The van der Waals surface area contributed by atoms with Gasteiger partial charge in [-0.15, -0.1) is 0 Å². The van der Waals surface area contributed by atoms with Crippen molar-refractivity contribution >= 4 is 51.7 Å². The van der Waals surface area contributed by atoms with E-state index in [0.717, 1.165) is 51.5 Å². The van der Waals surface area contributed by atoms with E-state index in [1.54, 1.807) is 0 Å². The van der Waals surface area contributed by atoms with Crippen LogP contribution >= 0.6 is 0 Å². The number of carbonyl (C=O) groups is 7. The second kappa shape index (κ2) is 49.2. The number of amides is 4. The normalized spacial score (nSPS) is 12.2. The van der Waals surface area contributed by atoms with Gasteiger partial charge in [0, 0.05) is 38.4 Å². The molecule has 0 heterocycles. The van der Waals surface area contributed by atoms with Crippen molar-refractivity contribution in [1.29, 1.82) is 0 Å². The lowest BCUT2D eigenvalue weighted by molar-refractivity contribution is -0.889. The number of nitrogens with zero attached hydrogens (tertiary/aromatic N) is 1. The van der Waals surface area contributed by atoms with Crippen LogP contribution in [-0.2, 0) is 81.6 Å². The number of aliphatic carboxylic acids is 1. The topological polar surface area (TPSA) is 319 Å². The molecule has 0 fully saturated rings. The van der Waals surface area contributed by atoms with Crippen molar-refractivity contribution in [2.24, 2.45) is 0 Å². The molecule has 24 nitrogen and oxygen atoms in total. The average molecular weight is 1200 g/mol. The van der Waals surface area contributed by atoms with Crippen molar-refractivity contribution in [3.8, 4) is 0 Å². The van der Waals surface area contributed by atoms with Crippen LogP contribution in [0.1, 0.15) is 143 Å². The molecule has 4 amide bonds. The number of likely N-dealkylation sites (N-methyl/N-ethyl adjacent to an activating group) is 1. The van der Waals surface area contributed by atoms with Crippen LogP contribution in [0.15, 0.2) is 0 Å². The number of carboxylic acid groups (broad SMARTS) is 1. The minimum absolute atomic E-state index is 0.0335. The Hall–Kier alpha value is -4.29. The molecule has 0 bridgehead atoms. The Morgan fingerprint density at radius 1 is 0.519 bits per heavy atom. The second-order valence-electron chi connectivity index (χ2n) is 20.7. The van der Waals surface area contributed by atoms with E-state index in [-0.39, 0.29) is 127 Å². The molecule has 0 saturated carbocycles. The largest absolute Gasteiger partial charge is 0.542 e. The summed E-state index contributed by atoms with van der Waals surface area (Å²) in [4.78, 5) is 80.7. The monoisotopic (exact) mass is 1200 g/mol. The van der Waals surface area contributed by atoms with Crippen molar-refractivity contribution in [3.05, 3.63) is 0 Å². The SMILES string of the molecule is COC(=O)CCOCCOCC[N+](C)(C)CCNC(=O)COCCOCCNC(=O)COCCOCCNC(=O)CCC(CS(=O)(=O)O)NC(=O)CCCCCCCCCCCCCCCCC(=O)OC(C)(C)C.O=C([O-])C(F)(F)F. The highest BCUT2D eigenvalue weighted by Gasteiger charge is 2.29. The van der Waals surface area contributed by atoms with Gasteiger partial charge >= 0.3 is 18.1 Å². The Bertz CT molecular complexity index is 1810. The fraction of sp³-hybridized carbons (Fsp3) is 0.868. The molecule has 0 aliphatic rings. The van der Waals surface area contributed by atoms with Gasteiger partial charge < -0.3 is 73.5 Å². The Labute approximate surface area is 478 Å². The first-order chi connectivity index (χ1) is 38.2. The summed E-state index contributed by atoms with van der Waals surface area (Å²) < 4.78 is 107. The van der Waals surface area contributed by atoms with Crippen LogP contribution in [0.3, 0.4) is 0 Å². The molecular formula is C53H98F3N5O19S. The molecule has 0 spiro atoms. The van der Waals surface area contributed by atoms with Gasteiger partial charge in [0.05, 0.1) is 113 Å². The zero-order valence-electron chi connectivity index (χ0n) is 49.0. The predicted octanol–water partition coefficient (Wildman–Crippen LogP) is 3.11. The number of hydrogen-bond donors (Lipinski definition) is 5. The molecule has 0 aromatic rings. The van der Waals surface area contributed by atoms with Gasteiger partial charge in [0.2, 0.25) is 23.6 Å². The molecular weight excluding hydrogens is 1100 g/mol. The number of quaternary nitrogens is 1. The summed E-state index contributed by atoms with van der Waals surface area (Å²) in [6, 6.07) is -0.906. The number of esters is 2. The van der Waals surface area contributed by atoms with Crippen LogP contribution < -0.4 is 26.4 Å². The van der Waals surface area contributed by atoms with Crippen molar-refractivity contribution in [2.45, 2.75) is 161 Å². The van der Waals surface area contributed by atoms with E-state index in [4.69, 9.17) is 43.1 Å². The van der Waals surface area contributed by atoms with E-state index in [1.807, 2.05) is 34.9 Å². The number of ether oxygens (including phenoxy) is 8. The third-order valence-corrected chi connectivity index (χ3v) is 12.3. The number of alkyl halides is 3. The summed E-state index contributed by atoms with van der Waals surface area (Å²) in [5, 5.41) is 19.6. The first-order valence-electron chi connectivity index (χ1n) is 28.1. The lowest BCUT2D eigenvalue weighted by Gasteiger charge is -2.29. The number of unbranched alkanes of at least 4 members (excludes halogenated alkanes) is 13. The number of methoxy groups -OCH3 is 1. The van der Waals surface area contributed by atoms with Crippen molar-refractivity contribution in [2.75, 3.05) is 139 Å². The van der Waals surface area contributed by atoms with Gasteiger partial charge in [-0.05, 0) is 40.0 Å². The van der Waals surface area contributed by atoms with Gasteiger partial charge in [-0.2, -0.15) is 21.6 Å². The highest BCUT2D eigenvalue weighted by atomic mass is 32.2. The number of rotatable bonds is 51. The van der Waals surface area contributed by atoms with E-state index in [1.165, 1.54) is 45.6 Å². The molecule has 0 aliphatic carbocycles. The Kier molecular flexibility index (Phi) is 47.8. The summed E-state index contributed by atoms with van der Waals surface area (Å²) in [6.45, 7) is 10.6. The maximum absolute atomic E-state index is 12.6. The van der Waals surface area contributed by atoms with E-state index in [2.05, 4.69) is 26.0 Å². The van der Waals surface area contributed by atoms with Crippen LogP contribution in [0.4, 0.5) is 13.2 Å². The summed E-state index contributed by atoms with van der Waals surface area (Å²) in [5.74, 6) is -5.36. The molecule has 0 aromatic carbocycles. The van der Waals surface area contributed by atoms with Crippen LogP contribution in [-0.4, -0.2) is 216 Å². The Morgan fingerprint density at radius 2 is 0.926 bits per heavy atom. The van der Waals surface area contributed by atoms with Crippen LogP contribution in [0, 0.1) is 0 Å². The van der Waals surface area contributed by atoms with Crippen molar-refractivity contribution < 1.29 is 107 Å². The summed E-state index contributed by atoms with van der Waals surface area (Å²) in [6.07, 6.45) is 10.9. The minimum atomic E-state index is -5.19. The fourth-order valence-corrected chi connectivity index (χ4v) is 7.87. The number of hydrogen-bond acceptors (Lipinski definition) is 18.